The SMILES string of the molecule is C=C/C=C(\C=C)CN(Cc1ccccc1)C(=S)c1cc2cc(Cl)ccc2o1. The van der Waals surface area contributed by atoms with E-state index in [1.54, 1.807) is 6.08 Å². The molecule has 0 aliphatic rings. The Kier molecular flexibility index (Phi) is 6.28. The topological polar surface area (TPSA) is 16.4 Å². The Bertz CT molecular complexity index is 1000. The van der Waals surface area contributed by atoms with E-state index in [0.29, 0.717) is 28.9 Å². The van der Waals surface area contributed by atoms with Crippen molar-refractivity contribution in [3.63, 3.8) is 0 Å². The highest BCUT2D eigenvalue weighted by Crippen LogP contribution is 2.25. The number of benzene rings is 2. The highest BCUT2D eigenvalue weighted by molar-refractivity contribution is 7.80. The number of allylic oxidation sites excluding steroid dienone is 2. The molecule has 3 rings (SSSR count). The van der Waals surface area contributed by atoms with E-state index in [-0.39, 0.29) is 0 Å². The largest absolute Gasteiger partial charge is 0.454 e. The minimum atomic E-state index is 0.612. The van der Waals surface area contributed by atoms with Gasteiger partial charge in [-0.15, -0.1) is 0 Å². The van der Waals surface area contributed by atoms with Crippen molar-refractivity contribution in [1.29, 1.82) is 0 Å². The van der Waals surface area contributed by atoms with Crippen LogP contribution in [0.5, 0.6) is 0 Å². The Morgan fingerprint density at radius 2 is 1.89 bits per heavy atom. The average molecular weight is 394 g/mol. The van der Waals surface area contributed by atoms with Crippen molar-refractivity contribution in [3.05, 3.63) is 108 Å². The molecule has 0 saturated carbocycles. The first-order valence-electron chi connectivity index (χ1n) is 8.57. The van der Waals surface area contributed by atoms with Crippen molar-refractivity contribution < 1.29 is 4.42 Å². The van der Waals surface area contributed by atoms with Gasteiger partial charge in [0.1, 0.15) is 10.6 Å². The molecule has 0 N–H and O–H groups in total. The highest BCUT2D eigenvalue weighted by Gasteiger charge is 2.17. The van der Waals surface area contributed by atoms with Crippen LogP contribution in [0.2, 0.25) is 5.02 Å². The van der Waals surface area contributed by atoms with Crippen molar-refractivity contribution in [2.75, 3.05) is 6.54 Å². The number of hydrogen-bond donors (Lipinski definition) is 0. The molecule has 0 radical (unpaired) electrons. The van der Waals surface area contributed by atoms with Crippen LogP contribution in [-0.2, 0) is 6.54 Å². The summed E-state index contributed by atoms with van der Waals surface area (Å²) in [5.74, 6) is 0.653. The molecule has 0 aliphatic carbocycles. The second-order valence-electron chi connectivity index (χ2n) is 6.12. The summed E-state index contributed by atoms with van der Waals surface area (Å²) in [6, 6.07) is 17.7. The van der Waals surface area contributed by atoms with Crippen LogP contribution in [-0.4, -0.2) is 16.4 Å². The maximum absolute atomic E-state index is 6.09. The summed E-state index contributed by atoms with van der Waals surface area (Å²) in [5, 5.41) is 1.61. The molecule has 0 unspecified atom stereocenters. The zero-order valence-corrected chi connectivity index (χ0v) is 16.5. The van der Waals surface area contributed by atoms with Crippen LogP contribution in [0.3, 0.4) is 0 Å². The summed E-state index contributed by atoms with van der Waals surface area (Å²) >= 11 is 11.9. The number of furan rings is 1. The van der Waals surface area contributed by atoms with Gasteiger partial charge in [-0.05, 0) is 35.4 Å². The van der Waals surface area contributed by atoms with Crippen LogP contribution in [0.1, 0.15) is 11.3 Å². The first kappa shape index (κ1) is 19.2. The third-order valence-electron chi connectivity index (χ3n) is 4.16. The van der Waals surface area contributed by atoms with Gasteiger partial charge in [0.2, 0.25) is 0 Å². The van der Waals surface area contributed by atoms with Gasteiger partial charge in [0, 0.05) is 23.5 Å². The van der Waals surface area contributed by atoms with E-state index in [1.165, 1.54) is 5.56 Å². The molecule has 0 aliphatic heterocycles. The van der Waals surface area contributed by atoms with Gasteiger partial charge in [-0.3, -0.25) is 0 Å². The first-order valence-corrected chi connectivity index (χ1v) is 9.35. The number of halogens is 1. The number of hydrogen-bond acceptors (Lipinski definition) is 2. The Hall–Kier alpha value is -2.62. The summed E-state index contributed by atoms with van der Waals surface area (Å²) in [7, 11) is 0. The molecule has 2 nitrogen and oxygen atoms in total. The molecular formula is C23H20ClNOS. The quantitative estimate of drug-likeness (QED) is 0.334. The second-order valence-corrected chi connectivity index (χ2v) is 6.94. The zero-order chi connectivity index (χ0) is 19.2. The van der Waals surface area contributed by atoms with E-state index in [2.05, 4.69) is 30.2 Å². The van der Waals surface area contributed by atoms with E-state index >= 15 is 0 Å². The van der Waals surface area contributed by atoms with Crippen molar-refractivity contribution in [1.82, 2.24) is 4.90 Å². The van der Waals surface area contributed by atoms with Crippen molar-refractivity contribution in [2.24, 2.45) is 0 Å². The molecule has 0 atom stereocenters. The minimum absolute atomic E-state index is 0.612. The third-order valence-corrected chi connectivity index (χ3v) is 4.85. The fourth-order valence-electron chi connectivity index (χ4n) is 2.84. The Morgan fingerprint density at radius 1 is 1.11 bits per heavy atom. The Labute approximate surface area is 170 Å². The minimum Gasteiger partial charge on any atom is -0.454 e. The lowest BCUT2D eigenvalue weighted by Crippen LogP contribution is -2.31. The van der Waals surface area contributed by atoms with E-state index in [4.69, 9.17) is 28.2 Å². The van der Waals surface area contributed by atoms with Gasteiger partial charge in [-0.1, -0.05) is 85.5 Å². The van der Waals surface area contributed by atoms with Gasteiger partial charge in [0.15, 0.2) is 5.76 Å². The van der Waals surface area contributed by atoms with Gasteiger partial charge in [0.25, 0.3) is 0 Å². The van der Waals surface area contributed by atoms with Crippen molar-refractivity contribution in [3.8, 4) is 0 Å². The third kappa shape index (κ3) is 4.76. The summed E-state index contributed by atoms with van der Waals surface area (Å²) in [6.07, 6.45) is 5.51. The number of fused-ring (bicyclic) bond motifs is 1. The Morgan fingerprint density at radius 3 is 2.59 bits per heavy atom. The molecule has 27 heavy (non-hydrogen) atoms. The molecule has 0 bridgehead atoms. The fourth-order valence-corrected chi connectivity index (χ4v) is 3.25. The van der Waals surface area contributed by atoms with E-state index in [1.807, 2.05) is 54.6 Å². The average Bonchev–Trinajstić information content (AvgIpc) is 3.10. The smallest absolute Gasteiger partial charge is 0.162 e. The summed E-state index contributed by atoms with van der Waals surface area (Å²) in [4.78, 5) is 2.74. The van der Waals surface area contributed by atoms with Crippen LogP contribution < -0.4 is 0 Å². The van der Waals surface area contributed by atoms with Gasteiger partial charge >= 0.3 is 0 Å². The van der Waals surface area contributed by atoms with Crippen molar-refractivity contribution in [2.45, 2.75) is 6.54 Å². The lowest BCUT2D eigenvalue weighted by molar-refractivity contribution is 0.446. The van der Waals surface area contributed by atoms with Crippen LogP contribution in [0.15, 0.2) is 96.0 Å². The first-order chi connectivity index (χ1) is 13.1. The van der Waals surface area contributed by atoms with Crippen LogP contribution in [0, 0.1) is 0 Å². The predicted octanol–water partition coefficient (Wildman–Crippen LogP) is 6.56. The lowest BCUT2D eigenvalue weighted by Gasteiger charge is -2.25. The molecule has 1 heterocycles. The maximum Gasteiger partial charge on any atom is 0.162 e. The fraction of sp³-hybridized carbons (Fsp3) is 0.0870. The number of nitrogens with zero attached hydrogens (tertiary/aromatic N) is 1. The molecule has 0 saturated heterocycles. The molecule has 3 aromatic rings. The van der Waals surface area contributed by atoms with E-state index in [9.17, 15) is 0 Å². The second kappa shape index (κ2) is 8.85. The normalized spacial score (nSPS) is 11.4. The van der Waals surface area contributed by atoms with Crippen LogP contribution in [0.25, 0.3) is 11.0 Å². The van der Waals surface area contributed by atoms with Gasteiger partial charge in [-0.2, -0.15) is 0 Å². The summed E-state index contributed by atoms with van der Waals surface area (Å²) in [6.45, 7) is 8.94. The number of thiocarbonyl (C=S) groups is 1. The standard InChI is InChI=1S/C23H20ClNOS/c1-3-8-17(4-2)15-25(16-18-9-6-5-7-10-18)23(27)22-14-19-13-20(24)11-12-21(19)26-22/h3-14H,1-2,15-16H2/b17-8+. The monoisotopic (exact) mass is 393 g/mol. The molecule has 0 spiro atoms. The van der Waals surface area contributed by atoms with Gasteiger partial charge in [-0.25, -0.2) is 0 Å². The van der Waals surface area contributed by atoms with E-state index in [0.717, 1.165) is 16.5 Å². The highest BCUT2D eigenvalue weighted by atomic mass is 35.5. The van der Waals surface area contributed by atoms with Gasteiger partial charge < -0.3 is 9.32 Å². The number of rotatable bonds is 7. The predicted molar refractivity (Wildman–Crippen MR) is 118 cm³/mol. The molecular weight excluding hydrogens is 374 g/mol. The maximum atomic E-state index is 6.09. The molecule has 4 heteroatoms. The molecule has 136 valence electrons. The van der Waals surface area contributed by atoms with Crippen molar-refractivity contribution >= 4 is 39.8 Å². The molecule has 0 fully saturated rings. The van der Waals surface area contributed by atoms with Crippen LogP contribution >= 0.6 is 23.8 Å². The lowest BCUT2D eigenvalue weighted by atomic mass is 10.1. The molecule has 2 aromatic carbocycles. The van der Waals surface area contributed by atoms with E-state index < -0.39 is 0 Å². The zero-order valence-electron chi connectivity index (χ0n) is 14.9. The summed E-state index contributed by atoms with van der Waals surface area (Å²) < 4.78 is 5.97. The molecule has 1 aromatic heterocycles. The Balaban J connectivity index is 1.93. The van der Waals surface area contributed by atoms with Crippen LogP contribution in [0.4, 0.5) is 0 Å². The van der Waals surface area contributed by atoms with Gasteiger partial charge in [0.05, 0.1) is 0 Å². The molecule has 0 amide bonds. The summed E-state index contributed by atoms with van der Waals surface area (Å²) in [5.41, 5.74) is 2.96.